The number of hydrogen-bond acceptors (Lipinski definition) is 7. The minimum absolute atomic E-state index is 0.430. The smallest absolute Gasteiger partial charge is 0.235 e. The maximum absolute atomic E-state index is 11.2. The van der Waals surface area contributed by atoms with Crippen LogP contribution < -0.4 is 9.64 Å². The van der Waals surface area contributed by atoms with E-state index >= 15 is 0 Å². The molecule has 0 saturated carbocycles. The highest BCUT2D eigenvalue weighted by molar-refractivity contribution is 5.85. The molecule has 0 atom stereocenters. The number of aromatic nitrogens is 3. The lowest BCUT2D eigenvalue weighted by Gasteiger charge is -2.39. The van der Waals surface area contributed by atoms with Gasteiger partial charge in [0.25, 0.3) is 0 Å². The molecule has 5 rings (SSSR count). The van der Waals surface area contributed by atoms with Crippen LogP contribution in [0.4, 0.5) is 5.82 Å². The molecule has 4 heterocycles. The van der Waals surface area contributed by atoms with Gasteiger partial charge in [-0.15, -0.1) is 0 Å². The predicted molar refractivity (Wildman–Crippen MR) is 137 cm³/mol. The summed E-state index contributed by atoms with van der Waals surface area (Å²) in [5, 5.41) is 13.9. The lowest BCUT2D eigenvalue weighted by molar-refractivity contribution is 0.331. The molecule has 0 unspecified atom stereocenters. The molecule has 0 amide bonds. The van der Waals surface area contributed by atoms with Crippen molar-refractivity contribution in [3.05, 3.63) is 78.2 Å². The van der Waals surface area contributed by atoms with Gasteiger partial charge < -0.3 is 9.64 Å². The molecular weight excluding hydrogens is 452 g/mol. The second-order valence-corrected chi connectivity index (χ2v) is 8.97. The quantitative estimate of drug-likeness (QED) is 0.285. The van der Waals surface area contributed by atoms with E-state index < -0.39 is 5.54 Å². The molecule has 1 aliphatic heterocycles. The van der Waals surface area contributed by atoms with Gasteiger partial charge in [-0.1, -0.05) is 30.3 Å². The highest BCUT2D eigenvalue weighted by Crippen LogP contribution is 2.34. The van der Waals surface area contributed by atoms with Crippen molar-refractivity contribution in [2.45, 2.75) is 31.7 Å². The Morgan fingerprint density at radius 3 is 2.61 bits per heavy atom. The third-order valence-electron chi connectivity index (χ3n) is 6.75. The Hall–Kier alpha value is -4.47. The van der Waals surface area contributed by atoms with Crippen LogP contribution in [0.2, 0.25) is 0 Å². The molecule has 0 radical (unpaired) electrons. The number of isocyanates is 1. The van der Waals surface area contributed by atoms with E-state index in [1.807, 2.05) is 55.6 Å². The lowest BCUT2D eigenvalue weighted by Crippen LogP contribution is -2.45. The molecular formula is C28H26N6O2. The molecule has 1 fully saturated rings. The number of ether oxygens (including phenoxy) is 1. The van der Waals surface area contributed by atoms with Crippen LogP contribution in [0.5, 0.6) is 5.75 Å². The summed E-state index contributed by atoms with van der Waals surface area (Å²) in [5.41, 5.74) is 3.69. The number of aliphatic imine (C=N–C) groups is 1. The average molecular weight is 479 g/mol. The van der Waals surface area contributed by atoms with Crippen molar-refractivity contribution in [1.29, 1.82) is 5.26 Å². The number of piperidine rings is 1. The number of rotatable bonds is 7. The van der Waals surface area contributed by atoms with Crippen LogP contribution in [0.15, 0.2) is 72.1 Å². The first-order chi connectivity index (χ1) is 17.6. The molecule has 36 heavy (non-hydrogen) atoms. The topological polar surface area (TPSA) is 95.9 Å². The Balaban J connectivity index is 1.38. The van der Waals surface area contributed by atoms with E-state index in [1.165, 1.54) is 5.56 Å². The van der Waals surface area contributed by atoms with E-state index in [-0.39, 0.29) is 0 Å². The van der Waals surface area contributed by atoms with Gasteiger partial charge >= 0.3 is 0 Å². The van der Waals surface area contributed by atoms with Gasteiger partial charge in [0.15, 0.2) is 0 Å². The second-order valence-electron chi connectivity index (χ2n) is 8.97. The SMILES string of the molecule is CCOc1cc(-c2ccc(N3CCC(Cc4ccccc4)(N=C=O)CC3)nc2)c2c(C#N)cnn2c1. The van der Waals surface area contributed by atoms with Gasteiger partial charge in [-0.2, -0.15) is 15.4 Å². The monoisotopic (exact) mass is 478 g/mol. The summed E-state index contributed by atoms with van der Waals surface area (Å²) in [6, 6.07) is 18.3. The summed E-state index contributed by atoms with van der Waals surface area (Å²) in [7, 11) is 0. The maximum atomic E-state index is 11.2. The molecule has 0 aliphatic carbocycles. The van der Waals surface area contributed by atoms with Gasteiger partial charge in [0.1, 0.15) is 17.6 Å². The summed E-state index contributed by atoms with van der Waals surface area (Å²) < 4.78 is 7.39. The van der Waals surface area contributed by atoms with Gasteiger partial charge in [0.05, 0.1) is 35.6 Å². The first-order valence-corrected chi connectivity index (χ1v) is 12.0. The van der Waals surface area contributed by atoms with Crippen molar-refractivity contribution in [3.8, 4) is 22.9 Å². The molecule has 4 aromatic rings. The van der Waals surface area contributed by atoms with Gasteiger partial charge in [-0.3, -0.25) is 0 Å². The molecule has 180 valence electrons. The molecule has 8 nitrogen and oxygen atoms in total. The predicted octanol–water partition coefficient (Wildman–Crippen LogP) is 4.58. The third kappa shape index (κ3) is 4.57. The van der Waals surface area contributed by atoms with Crippen LogP contribution in [0.1, 0.15) is 30.9 Å². The summed E-state index contributed by atoms with van der Waals surface area (Å²) in [6.07, 6.45) is 9.20. The fourth-order valence-corrected chi connectivity index (χ4v) is 4.93. The fraction of sp³-hybridized carbons (Fsp3) is 0.286. The van der Waals surface area contributed by atoms with E-state index in [1.54, 1.807) is 16.9 Å². The number of hydrogen-bond donors (Lipinski definition) is 0. The zero-order valence-electron chi connectivity index (χ0n) is 20.1. The van der Waals surface area contributed by atoms with E-state index in [4.69, 9.17) is 9.72 Å². The largest absolute Gasteiger partial charge is 0.492 e. The van der Waals surface area contributed by atoms with Gasteiger partial charge in [0.2, 0.25) is 6.08 Å². The molecule has 0 spiro atoms. The molecule has 1 aliphatic rings. The average Bonchev–Trinajstić information content (AvgIpc) is 3.33. The number of anilines is 1. The Morgan fingerprint density at radius 1 is 1.14 bits per heavy atom. The summed E-state index contributed by atoms with van der Waals surface area (Å²) in [6.45, 7) is 3.95. The van der Waals surface area contributed by atoms with Gasteiger partial charge in [-0.25, -0.2) is 14.3 Å². The van der Waals surface area contributed by atoms with E-state index in [0.29, 0.717) is 17.9 Å². The van der Waals surface area contributed by atoms with Crippen LogP contribution in [-0.2, 0) is 11.2 Å². The number of carbonyl (C=O) groups excluding carboxylic acids is 1. The summed E-state index contributed by atoms with van der Waals surface area (Å²) in [4.78, 5) is 22.4. The Labute approximate surface area is 209 Å². The maximum Gasteiger partial charge on any atom is 0.235 e. The van der Waals surface area contributed by atoms with E-state index in [0.717, 1.165) is 54.8 Å². The van der Waals surface area contributed by atoms with Crippen LogP contribution in [-0.4, -0.2) is 45.9 Å². The first kappa shape index (κ1) is 23.3. The van der Waals surface area contributed by atoms with Crippen molar-refractivity contribution in [2.24, 2.45) is 4.99 Å². The Kier molecular flexibility index (Phi) is 6.48. The minimum Gasteiger partial charge on any atom is -0.492 e. The van der Waals surface area contributed by atoms with Crippen molar-refractivity contribution < 1.29 is 9.53 Å². The highest BCUT2D eigenvalue weighted by Gasteiger charge is 2.35. The van der Waals surface area contributed by atoms with Crippen LogP contribution in [0.3, 0.4) is 0 Å². The number of fused-ring (bicyclic) bond motifs is 1. The fourth-order valence-electron chi connectivity index (χ4n) is 4.93. The molecule has 1 saturated heterocycles. The number of nitriles is 1. The minimum atomic E-state index is -0.430. The normalized spacial score (nSPS) is 14.7. The Bertz CT molecular complexity index is 1440. The second kappa shape index (κ2) is 10.0. The van der Waals surface area contributed by atoms with Crippen molar-refractivity contribution >= 4 is 17.4 Å². The molecule has 0 bridgehead atoms. The Morgan fingerprint density at radius 2 is 1.94 bits per heavy atom. The van der Waals surface area contributed by atoms with Crippen LogP contribution in [0, 0.1) is 11.3 Å². The van der Waals surface area contributed by atoms with E-state index in [2.05, 4.69) is 33.2 Å². The van der Waals surface area contributed by atoms with Gasteiger partial charge in [-0.05, 0) is 49.9 Å². The number of benzene rings is 1. The first-order valence-electron chi connectivity index (χ1n) is 12.0. The van der Waals surface area contributed by atoms with Crippen LogP contribution >= 0.6 is 0 Å². The molecule has 0 N–H and O–H groups in total. The zero-order valence-corrected chi connectivity index (χ0v) is 20.1. The van der Waals surface area contributed by atoms with Crippen molar-refractivity contribution in [1.82, 2.24) is 14.6 Å². The molecule has 3 aromatic heterocycles. The van der Waals surface area contributed by atoms with E-state index in [9.17, 15) is 10.1 Å². The van der Waals surface area contributed by atoms with Crippen molar-refractivity contribution in [3.63, 3.8) is 0 Å². The zero-order chi connectivity index (χ0) is 25.0. The standard InChI is InChI=1S/C28H26N6O2/c1-2-36-24-14-25(27-23(16-29)18-32-34(27)19-24)22-8-9-26(30-17-22)33-12-10-28(11-13-33,31-20-35)15-21-6-4-3-5-7-21/h3-9,14,17-19H,2,10-13,15H2,1H3. The number of pyridine rings is 2. The van der Waals surface area contributed by atoms with Crippen LogP contribution in [0.25, 0.3) is 16.6 Å². The van der Waals surface area contributed by atoms with Gasteiger partial charge in [0, 0.05) is 30.4 Å². The molecule has 8 heteroatoms. The molecule has 1 aromatic carbocycles. The van der Waals surface area contributed by atoms with Crippen molar-refractivity contribution in [2.75, 3.05) is 24.6 Å². The lowest BCUT2D eigenvalue weighted by atomic mass is 9.82. The number of nitrogens with zero attached hydrogens (tertiary/aromatic N) is 6. The third-order valence-corrected chi connectivity index (χ3v) is 6.75. The summed E-state index contributed by atoms with van der Waals surface area (Å²) >= 11 is 0. The summed E-state index contributed by atoms with van der Waals surface area (Å²) in [5.74, 6) is 1.55. The highest BCUT2D eigenvalue weighted by atomic mass is 16.5.